The van der Waals surface area contributed by atoms with Crippen molar-refractivity contribution >= 4 is 28.6 Å². The van der Waals surface area contributed by atoms with Crippen LogP contribution in [0.15, 0.2) is 41.8 Å². The summed E-state index contributed by atoms with van der Waals surface area (Å²) in [4.78, 5) is 15.6. The second-order valence-electron chi connectivity index (χ2n) is 5.39. The first-order chi connectivity index (χ1) is 9.65. The van der Waals surface area contributed by atoms with E-state index in [1.165, 1.54) is 4.88 Å². The third-order valence-electron chi connectivity index (χ3n) is 3.69. The van der Waals surface area contributed by atoms with Crippen molar-refractivity contribution in [2.24, 2.45) is 5.92 Å². The zero-order chi connectivity index (χ0) is 14.1. The average Bonchev–Trinajstić information content (AvgIpc) is 3.06. The molecule has 1 fully saturated rings. The van der Waals surface area contributed by atoms with E-state index in [9.17, 15) is 4.79 Å². The topological polar surface area (TPSA) is 32.3 Å². The normalized spacial score (nSPS) is 20.5. The van der Waals surface area contributed by atoms with Crippen LogP contribution in [0.4, 0.5) is 11.4 Å². The van der Waals surface area contributed by atoms with Crippen molar-refractivity contribution in [3.8, 4) is 0 Å². The number of thiophene rings is 1. The standard InChI is InChI=1S/C16H18N2OS/c1-18(2)12-7-5-11(6-8-12)17-16(19)14-10-13(14)15-4-3-9-20-15/h3-9,13-14H,10H2,1-2H3,(H,17,19). The summed E-state index contributed by atoms with van der Waals surface area (Å²) in [5, 5.41) is 5.08. The predicted molar refractivity (Wildman–Crippen MR) is 84.6 cm³/mol. The van der Waals surface area contributed by atoms with Gasteiger partial charge in [-0.1, -0.05) is 6.07 Å². The fourth-order valence-electron chi connectivity index (χ4n) is 2.38. The van der Waals surface area contributed by atoms with Crippen LogP contribution in [0.25, 0.3) is 0 Å². The molecule has 3 nitrogen and oxygen atoms in total. The Morgan fingerprint density at radius 1 is 1.25 bits per heavy atom. The molecule has 1 N–H and O–H groups in total. The number of amides is 1. The van der Waals surface area contributed by atoms with Gasteiger partial charge in [0.1, 0.15) is 0 Å². The molecule has 0 saturated heterocycles. The zero-order valence-electron chi connectivity index (χ0n) is 11.7. The number of carbonyl (C=O) groups excluding carboxylic acids is 1. The molecule has 104 valence electrons. The number of hydrogen-bond acceptors (Lipinski definition) is 3. The van der Waals surface area contributed by atoms with Crippen molar-refractivity contribution in [2.75, 3.05) is 24.3 Å². The van der Waals surface area contributed by atoms with Gasteiger partial charge in [-0.2, -0.15) is 0 Å². The average molecular weight is 286 g/mol. The summed E-state index contributed by atoms with van der Waals surface area (Å²) < 4.78 is 0. The van der Waals surface area contributed by atoms with Crippen molar-refractivity contribution < 1.29 is 4.79 Å². The second-order valence-corrected chi connectivity index (χ2v) is 6.37. The molecule has 4 heteroatoms. The molecule has 0 aliphatic heterocycles. The van der Waals surface area contributed by atoms with Gasteiger partial charge in [-0.25, -0.2) is 0 Å². The highest BCUT2D eigenvalue weighted by Gasteiger charge is 2.44. The number of nitrogens with zero attached hydrogens (tertiary/aromatic N) is 1. The third kappa shape index (κ3) is 2.70. The molecule has 0 spiro atoms. The Bertz CT molecular complexity index is 589. The van der Waals surface area contributed by atoms with Gasteiger partial charge in [-0.3, -0.25) is 4.79 Å². The van der Waals surface area contributed by atoms with Gasteiger partial charge in [0.15, 0.2) is 0 Å². The van der Waals surface area contributed by atoms with Gasteiger partial charge >= 0.3 is 0 Å². The fraction of sp³-hybridized carbons (Fsp3) is 0.312. The molecule has 1 aromatic carbocycles. The molecule has 1 aliphatic carbocycles. The number of rotatable bonds is 4. The highest BCUT2D eigenvalue weighted by Crippen LogP contribution is 2.49. The molecular formula is C16H18N2OS. The van der Waals surface area contributed by atoms with Gasteiger partial charge in [0.25, 0.3) is 0 Å². The summed E-state index contributed by atoms with van der Waals surface area (Å²) in [6.07, 6.45) is 0.974. The molecule has 1 heterocycles. The predicted octanol–water partition coefficient (Wildman–Crippen LogP) is 3.56. The maximum absolute atomic E-state index is 12.2. The van der Waals surface area contributed by atoms with E-state index in [2.05, 4.69) is 16.8 Å². The number of benzene rings is 1. The smallest absolute Gasteiger partial charge is 0.228 e. The molecule has 0 bridgehead atoms. The first kappa shape index (κ1) is 13.2. The van der Waals surface area contributed by atoms with Gasteiger partial charge in [-0.15, -0.1) is 11.3 Å². The van der Waals surface area contributed by atoms with Gasteiger partial charge in [0.05, 0.1) is 0 Å². The number of carbonyl (C=O) groups is 1. The van der Waals surface area contributed by atoms with E-state index in [0.717, 1.165) is 17.8 Å². The van der Waals surface area contributed by atoms with Crippen LogP contribution in [-0.4, -0.2) is 20.0 Å². The summed E-state index contributed by atoms with van der Waals surface area (Å²) in [5.41, 5.74) is 2.00. The Morgan fingerprint density at radius 3 is 2.60 bits per heavy atom. The van der Waals surface area contributed by atoms with Crippen LogP contribution in [-0.2, 0) is 4.79 Å². The Hall–Kier alpha value is -1.81. The highest BCUT2D eigenvalue weighted by molar-refractivity contribution is 7.10. The van der Waals surface area contributed by atoms with Crippen LogP contribution in [0.3, 0.4) is 0 Å². The molecule has 3 rings (SSSR count). The minimum Gasteiger partial charge on any atom is -0.378 e. The van der Waals surface area contributed by atoms with Crippen LogP contribution < -0.4 is 10.2 Å². The lowest BCUT2D eigenvalue weighted by molar-refractivity contribution is -0.117. The molecule has 1 saturated carbocycles. The lowest BCUT2D eigenvalue weighted by Crippen LogP contribution is -2.14. The first-order valence-electron chi connectivity index (χ1n) is 6.77. The van der Waals surface area contributed by atoms with Crippen molar-refractivity contribution in [3.05, 3.63) is 46.7 Å². The summed E-state index contributed by atoms with van der Waals surface area (Å²) >= 11 is 1.74. The van der Waals surface area contributed by atoms with E-state index >= 15 is 0 Å². The number of nitrogens with one attached hydrogen (secondary N) is 1. The SMILES string of the molecule is CN(C)c1ccc(NC(=O)C2CC2c2cccs2)cc1. The van der Waals surface area contributed by atoms with Gasteiger partial charge in [0.2, 0.25) is 5.91 Å². The van der Waals surface area contributed by atoms with Gasteiger partial charge < -0.3 is 10.2 Å². The zero-order valence-corrected chi connectivity index (χ0v) is 12.5. The molecule has 1 aliphatic rings. The van der Waals surface area contributed by atoms with E-state index in [1.807, 2.05) is 49.3 Å². The molecule has 0 radical (unpaired) electrons. The molecule has 2 atom stereocenters. The molecule has 1 amide bonds. The van der Waals surface area contributed by atoms with E-state index in [1.54, 1.807) is 11.3 Å². The Morgan fingerprint density at radius 2 is 2.00 bits per heavy atom. The van der Waals surface area contributed by atoms with Gasteiger partial charge in [-0.05, 0) is 42.1 Å². The monoisotopic (exact) mass is 286 g/mol. The summed E-state index contributed by atoms with van der Waals surface area (Å²) in [7, 11) is 4.01. The van der Waals surface area contributed by atoms with Crippen molar-refractivity contribution in [1.82, 2.24) is 0 Å². The number of hydrogen-bond donors (Lipinski definition) is 1. The minimum atomic E-state index is 0.140. The maximum atomic E-state index is 12.2. The molecule has 2 aromatic rings. The van der Waals surface area contributed by atoms with Crippen LogP contribution in [0.5, 0.6) is 0 Å². The Labute approximate surface area is 123 Å². The van der Waals surface area contributed by atoms with Crippen molar-refractivity contribution in [1.29, 1.82) is 0 Å². The van der Waals surface area contributed by atoms with E-state index in [-0.39, 0.29) is 11.8 Å². The molecule has 1 aromatic heterocycles. The van der Waals surface area contributed by atoms with Crippen molar-refractivity contribution in [3.63, 3.8) is 0 Å². The van der Waals surface area contributed by atoms with Gasteiger partial charge in [0, 0.05) is 42.2 Å². The summed E-state index contributed by atoms with van der Waals surface area (Å²) in [5.74, 6) is 0.708. The largest absolute Gasteiger partial charge is 0.378 e. The van der Waals surface area contributed by atoms with Crippen LogP contribution in [0, 0.1) is 5.92 Å². The van der Waals surface area contributed by atoms with Crippen molar-refractivity contribution in [2.45, 2.75) is 12.3 Å². The Balaban J connectivity index is 1.60. The van der Waals surface area contributed by atoms with E-state index in [0.29, 0.717) is 5.92 Å². The van der Waals surface area contributed by atoms with Crippen LogP contribution >= 0.6 is 11.3 Å². The fourth-order valence-corrected chi connectivity index (χ4v) is 3.29. The highest BCUT2D eigenvalue weighted by atomic mass is 32.1. The maximum Gasteiger partial charge on any atom is 0.228 e. The van der Waals surface area contributed by atoms with Crippen LogP contribution in [0.2, 0.25) is 0 Å². The molecule has 2 unspecified atom stereocenters. The summed E-state index contributed by atoms with van der Waals surface area (Å²) in [6.45, 7) is 0. The second kappa shape index (κ2) is 5.29. The quantitative estimate of drug-likeness (QED) is 0.932. The molecule has 20 heavy (non-hydrogen) atoms. The number of anilines is 2. The third-order valence-corrected chi connectivity index (χ3v) is 4.69. The summed E-state index contributed by atoms with van der Waals surface area (Å²) in [6, 6.07) is 12.1. The molecular weight excluding hydrogens is 268 g/mol. The van der Waals surface area contributed by atoms with Crippen LogP contribution in [0.1, 0.15) is 17.2 Å². The first-order valence-corrected chi connectivity index (χ1v) is 7.65. The minimum absolute atomic E-state index is 0.140. The Kier molecular flexibility index (Phi) is 3.49. The lowest BCUT2D eigenvalue weighted by atomic mass is 10.2. The van der Waals surface area contributed by atoms with E-state index < -0.39 is 0 Å². The lowest BCUT2D eigenvalue weighted by Gasteiger charge is -2.13. The van der Waals surface area contributed by atoms with E-state index in [4.69, 9.17) is 0 Å².